The molecular formula is C16H22O8. The lowest BCUT2D eigenvalue weighted by atomic mass is 9.58. The highest BCUT2D eigenvalue weighted by molar-refractivity contribution is 5.67. The van der Waals surface area contributed by atoms with Gasteiger partial charge in [0.15, 0.2) is 6.29 Å². The molecule has 5 atom stereocenters. The third kappa shape index (κ3) is 2.88. The van der Waals surface area contributed by atoms with Crippen LogP contribution in [0.25, 0.3) is 0 Å². The summed E-state index contributed by atoms with van der Waals surface area (Å²) in [7, 11) is 0. The van der Waals surface area contributed by atoms with E-state index in [9.17, 15) is 14.4 Å². The molecule has 3 heterocycles. The Morgan fingerprint density at radius 2 is 1.83 bits per heavy atom. The summed E-state index contributed by atoms with van der Waals surface area (Å²) in [6.07, 6.45) is 0.877. The van der Waals surface area contributed by atoms with E-state index in [0.29, 0.717) is 12.8 Å². The Kier molecular flexibility index (Phi) is 4.29. The molecule has 8 heteroatoms. The first-order chi connectivity index (χ1) is 11.3. The molecule has 3 saturated heterocycles. The van der Waals surface area contributed by atoms with Crippen molar-refractivity contribution in [3.63, 3.8) is 0 Å². The molecule has 0 aromatic carbocycles. The first kappa shape index (κ1) is 17.2. The predicted molar refractivity (Wildman–Crippen MR) is 77.0 cm³/mol. The molecule has 3 aliphatic heterocycles. The van der Waals surface area contributed by atoms with E-state index in [4.69, 9.17) is 23.7 Å². The highest BCUT2D eigenvalue weighted by Crippen LogP contribution is 2.61. The summed E-state index contributed by atoms with van der Waals surface area (Å²) in [4.78, 5) is 34.4. The maximum Gasteiger partial charge on any atom is 0.305 e. The van der Waals surface area contributed by atoms with Crippen LogP contribution in [-0.2, 0) is 38.1 Å². The average Bonchev–Trinajstić information content (AvgIpc) is 2.42. The minimum atomic E-state index is -1.22. The summed E-state index contributed by atoms with van der Waals surface area (Å²) in [5.41, 5.74) is -0.513. The monoisotopic (exact) mass is 342 g/mol. The smallest absolute Gasteiger partial charge is 0.305 e. The van der Waals surface area contributed by atoms with Crippen LogP contribution in [0.1, 0.15) is 46.5 Å². The van der Waals surface area contributed by atoms with Crippen LogP contribution in [-0.4, -0.2) is 42.9 Å². The van der Waals surface area contributed by atoms with Crippen LogP contribution < -0.4 is 0 Å². The molecule has 0 aromatic rings. The molecule has 24 heavy (non-hydrogen) atoms. The Bertz CT molecular complexity index is 560. The summed E-state index contributed by atoms with van der Waals surface area (Å²) in [6, 6.07) is 0. The number of hydrogen-bond acceptors (Lipinski definition) is 8. The van der Waals surface area contributed by atoms with Gasteiger partial charge in [0.2, 0.25) is 12.1 Å². The van der Waals surface area contributed by atoms with Gasteiger partial charge in [0.25, 0.3) is 0 Å². The van der Waals surface area contributed by atoms with Crippen molar-refractivity contribution in [2.24, 2.45) is 11.3 Å². The second kappa shape index (κ2) is 6.00. The molecule has 4 aliphatic rings. The zero-order valence-corrected chi connectivity index (χ0v) is 14.0. The molecule has 0 N–H and O–H groups in total. The summed E-state index contributed by atoms with van der Waals surface area (Å²) in [6.45, 7) is 4.09. The summed E-state index contributed by atoms with van der Waals surface area (Å²) in [5.74, 6) is -3.12. The maximum absolute atomic E-state index is 11.6. The van der Waals surface area contributed by atoms with E-state index in [1.165, 1.54) is 20.8 Å². The number of carbonyl (C=O) groups is 3. The van der Waals surface area contributed by atoms with Crippen LogP contribution in [0.3, 0.4) is 0 Å². The number of fused-ring (bicyclic) bond motifs is 1. The Hall–Kier alpha value is -1.67. The molecule has 1 aliphatic carbocycles. The highest BCUT2D eigenvalue weighted by Gasteiger charge is 2.70. The van der Waals surface area contributed by atoms with Gasteiger partial charge in [-0.1, -0.05) is 0 Å². The highest BCUT2D eigenvalue weighted by atomic mass is 16.8. The fourth-order valence-corrected chi connectivity index (χ4v) is 4.33. The van der Waals surface area contributed by atoms with Crippen molar-refractivity contribution < 1.29 is 38.1 Å². The van der Waals surface area contributed by atoms with Crippen LogP contribution in [0.2, 0.25) is 0 Å². The Labute approximate surface area is 139 Å². The van der Waals surface area contributed by atoms with Gasteiger partial charge in [-0.05, 0) is 12.8 Å². The van der Waals surface area contributed by atoms with Gasteiger partial charge in [-0.25, -0.2) is 0 Å². The first-order valence-electron chi connectivity index (χ1n) is 8.10. The quantitative estimate of drug-likeness (QED) is 0.556. The Morgan fingerprint density at radius 1 is 1.08 bits per heavy atom. The van der Waals surface area contributed by atoms with Crippen molar-refractivity contribution in [3.8, 4) is 0 Å². The number of rotatable bonds is 4. The largest absolute Gasteiger partial charge is 0.465 e. The minimum absolute atomic E-state index is 0.150. The third-order valence-corrected chi connectivity index (χ3v) is 4.96. The van der Waals surface area contributed by atoms with Gasteiger partial charge in [-0.2, -0.15) is 0 Å². The fourth-order valence-electron chi connectivity index (χ4n) is 4.33. The van der Waals surface area contributed by atoms with E-state index in [1.54, 1.807) is 0 Å². The minimum Gasteiger partial charge on any atom is -0.465 e. The van der Waals surface area contributed by atoms with Crippen LogP contribution in [0.4, 0.5) is 0 Å². The molecular weight excluding hydrogens is 320 g/mol. The van der Waals surface area contributed by atoms with Crippen molar-refractivity contribution in [2.75, 3.05) is 6.61 Å². The van der Waals surface area contributed by atoms with Gasteiger partial charge in [0.1, 0.15) is 0 Å². The Balaban J connectivity index is 1.97. The lowest BCUT2D eigenvalue weighted by molar-refractivity contribution is -0.471. The summed E-state index contributed by atoms with van der Waals surface area (Å²) in [5, 5.41) is 0. The molecule has 1 saturated carbocycles. The molecule has 4 fully saturated rings. The zero-order chi connectivity index (χ0) is 17.5. The van der Waals surface area contributed by atoms with Gasteiger partial charge in [-0.15, -0.1) is 0 Å². The second-order valence-corrected chi connectivity index (χ2v) is 6.74. The van der Waals surface area contributed by atoms with Gasteiger partial charge in [0.05, 0.1) is 12.5 Å². The van der Waals surface area contributed by atoms with E-state index in [1.807, 2.05) is 0 Å². The SMILES string of the molecule is CC(=O)OC[C@]12CCC[C@]3(OC(C)=O)O[C@H](C1)O[C@@H](OC(C)=O)[C@H]23. The first-order valence-corrected chi connectivity index (χ1v) is 8.10. The van der Waals surface area contributed by atoms with Crippen molar-refractivity contribution in [1.82, 2.24) is 0 Å². The molecule has 0 aromatic heterocycles. The van der Waals surface area contributed by atoms with Crippen LogP contribution >= 0.6 is 0 Å². The third-order valence-electron chi connectivity index (χ3n) is 4.96. The van der Waals surface area contributed by atoms with Crippen molar-refractivity contribution in [1.29, 1.82) is 0 Å². The molecule has 4 rings (SSSR count). The van der Waals surface area contributed by atoms with Crippen LogP contribution in [0, 0.1) is 11.3 Å². The van der Waals surface area contributed by atoms with Gasteiger partial charge < -0.3 is 23.7 Å². The van der Waals surface area contributed by atoms with Gasteiger partial charge in [-0.3, -0.25) is 14.4 Å². The van der Waals surface area contributed by atoms with Crippen molar-refractivity contribution >= 4 is 17.9 Å². The lowest BCUT2D eigenvalue weighted by Crippen LogP contribution is -2.71. The topological polar surface area (TPSA) is 97.4 Å². The molecule has 0 amide bonds. The van der Waals surface area contributed by atoms with Crippen LogP contribution in [0.15, 0.2) is 0 Å². The molecule has 0 spiro atoms. The lowest BCUT2D eigenvalue weighted by Gasteiger charge is -2.63. The number of ether oxygens (including phenoxy) is 5. The standard InChI is InChI=1S/C16H22O8/c1-9(17)20-8-15-5-4-6-16(23-11(3)19)13(15)14(21-10(2)18)22-12(7-15)24-16/h12-14H,4-8H2,1-3H3/t12-,13-,14-,15+,16+/m1/s1. The van der Waals surface area contributed by atoms with E-state index in [2.05, 4.69) is 0 Å². The normalized spacial score (nSPS) is 39.9. The number of esters is 3. The fraction of sp³-hybridized carbons (Fsp3) is 0.812. The number of carbonyl (C=O) groups excluding carboxylic acids is 3. The zero-order valence-electron chi connectivity index (χ0n) is 14.0. The molecule has 0 unspecified atom stereocenters. The molecule has 8 nitrogen and oxygen atoms in total. The van der Waals surface area contributed by atoms with E-state index < -0.39 is 41.6 Å². The summed E-state index contributed by atoms with van der Waals surface area (Å²) < 4.78 is 27.7. The second-order valence-electron chi connectivity index (χ2n) is 6.74. The summed E-state index contributed by atoms with van der Waals surface area (Å²) >= 11 is 0. The number of hydrogen-bond donors (Lipinski definition) is 0. The van der Waals surface area contributed by atoms with Crippen molar-refractivity contribution in [2.45, 2.75) is 64.8 Å². The van der Waals surface area contributed by atoms with E-state index >= 15 is 0 Å². The van der Waals surface area contributed by atoms with Crippen molar-refractivity contribution in [3.05, 3.63) is 0 Å². The molecule has 134 valence electrons. The van der Waals surface area contributed by atoms with E-state index in [-0.39, 0.29) is 12.6 Å². The molecule has 0 radical (unpaired) electrons. The van der Waals surface area contributed by atoms with Gasteiger partial charge >= 0.3 is 17.9 Å². The maximum atomic E-state index is 11.6. The average molecular weight is 342 g/mol. The predicted octanol–water partition coefficient (Wildman–Crippen LogP) is 1.26. The Morgan fingerprint density at radius 3 is 2.46 bits per heavy atom. The van der Waals surface area contributed by atoms with E-state index in [0.717, 1.165) is 12.8 Å². The van der Waals surface area contributed by atoms with Crippen LogP contribution in [0.5, 0.6) is 0 Å². The molecule has 4 bridgehead atoms. The van der Waals surface area contributed by atoms with Gasteiger partial charge in [0, 0.05) is 39.0 Å².